The molecule has 0 spiro atoms. The molecule has 0 amide bonds. The topological polar surface area (TPSA) is 149 Å². The van der Waals surface area contributed by atoms with Crippen molar-refractivity contribution in [1.82, 2.24) is 10.6 Å². The van der Waals surface area contributed by atoms with Crippen molar-refractivity contribution in [1.29, 1.82) is 0 Å². The van der Waals surface area contributed by atoms with Gasteiger partial charge in [-0.3, -0.25) is 9.59 Å². The number of aliphatic carboxylic acids is 1. The second-order valence-corrected chi connectivity index (χ2v) is 9.88. The van der Waals surface area contributed by atoms with Crippen molar-refractivity contribution in [3.05, 3.63) is 137 Å². The molecular formula is C34H36N4O5. The largest absolute Gasteiger partial charge is 0.489 e. The van der Waals surface area contributed by atoms with Crippen LogP contribution in [0.15, 0.2) is 114 Å². The molecule has 0 aliphatic rings. The Morgan fingerprint density at radius 2 is 1.49 bits per heavy atom. The first-order valence-corrected chi connectivity index (χ1v) is 13.8. The number of aldehydes is 1. The number of hydrogen-bond donors (Lipinski definition) is 5. The Balaban J connectivity index is 1.60. The molecule has 0 aromatic heterocycles. The normalized spacial score (nSPS) is 12.9. The Labute approximate surface area is 251 Å². The number of carbonyl (C=O) groups excluding carboxylic acids is 1. The van der Waals surface area contributed by atoms with Crippen LogP contribution in [0.3, 0.4) is 0 Å². The average Bonchev–Trinajstić information content (AvgIpc) is 3.04. The summed E-state index contributed by atoms with van der Waals surface area (Å²) in [6.45, 7) is 0.314. The number of nitrogen functional groups attached to an aromatic ring is 1. The fraction of sp³-hybridized carbons (Fsp3) is 0.176. The van der Waals surface area contributed by atoms with Gasteiger partial charge in [-0.2, -0.15) is 0 Å². The van der Waals surface area contributed by atoms with Crippen LogP contribution in [0.25, 0.3) is 0 Å². The maximum absolute atomic E-state index is 12.3. The van der Waals surface area contributed by atoms with Crippen LogP contribution in [0.1, 0.15) is 34.3 Å². The summed E-state index contributed by atoms with van der Waals surface area (Å²) in [5, 5.41) is 15.3. The standard InChI is InChI=1S/C34H36N4O5/c1-37-34(25-12-16-28(17-13-25)42-22-24-10-14-27(35)15-11-24)32(30(20-39)38-19-31(40)41)33(36)26-8-5-9-29(18-26)43-21-23-6-3-2-4-7-23/h2-18,20,33-34,37-38H,19,21-22,35-36H2,1H3,(H,40,41)/b32-30+. The Morgan fingerprint density at radius 1 is 0.837 bits per heavy atom. The van der Waals surface area contributed by atoms with Crippen LogP contribution in [0.2, 0.25) is 0 Å². The van der Waals surface area contributed by atoms with Crippen LogP contribution in [-0.2, 0) is 22.8 Å². The Morgan fingerprint density at radius 3 is 2.12 bits per heavy atom. The number of nitrogens with two attached hydrogens (primary N) is 2. The van der Waals surface area contributed by atoms with Gasteiger partial charge in [0.05, 0.1) is 17.8 Å². The molecular weight excluding hydrogens is 544 g/mol. The monoisotopic (exact) mass is 580 g/mol. The molecule has 9 nitrogen and oxygen atoms in total. The SMILES string of the molecule is CNC(/C(=C(\C=O)NCC(=O)O)C(N)c1cccc(OCc2ccccc2)c1)c1ccc(OCc2ccc(N)cc2)cc1. The van der Waals surface area contributed by atoms with Crippen LogP contribution < -0.4 is 31.6 Å². The van der Waals surface area contributed by atoms with E-state index in [0.717, 1.165) is 16.7 Å². The van der Waals surface area contributed by atoms with Gasteiger partial charge in [-0.15, -0.1) is 0 Å². The summed E-state index contributed by atoms with van der Waals surface area (Å²) in [6, 6.07) is 30.7. The van der Waals surface area contributed by atoms with Gasteiger partial charge in [-0.1, -0.05) is 66.7 Å². The highest BCUT2D eigenvalue weighted by molar-refractivity contribution is 5.77. The van der Waals surface area contributed by atoms with Crippen LogP contribution >= 0.6 is 0 Å². The van der Waals surface area contributed by atoms with E-state index in [1.807, 2.05) is 103 Å². The maximum Gasteiger partial charge on any atom is 0.322 e. The number of benzene rings is 4. The second-order valence-electron chi connectivity index (χ2n) is 9.88. The molecule has 4 aromatic rings. The predicted molar refractivity (Wildman–Crippen MR) is 166 cm³/mol. The zero-order valence-corrected chi connectivity index (χ0v) is 23.9. The number of carboxylic acid groups (broad SMARTS) is 1. The summed E-state index contributed by atoms with van der Waals surface area (Å²) < 4.78 is 11.9. The molecule has 4 rings (SSSR count). The van der Waals surface area contributed by atoms with Crippen molar-refractivity contribution in [2.24, 2.45) is 5.73 Å². The highest BCUT2D eigenvalue weighted by Crippen LogP contribution is 2.34. The van der Waals surface area contributed by atoms with Crippen molar-refractivity contribution < 1.29 is 24.2 Å². The van der Waals surface area contributed by atoms with Crippen LogP contribution in [0.4, 0.5) is 5.69 Å². The lowest BCUT2D eigenvalue weighted by molar-refractivity contribution is -0.135. The second kappa shape index (κ2) is 15.2. The van der Waals surface area contributed by atoms with Gasteiger partial charge < -0.3 is 36.7 Å². The number of carboxylic acids is 1. The first kappa shape index (κ1) is 30.8. The summed E-state index contributed by atoms with van der Waals surface area (Å²) in [5.41, 5.74) is 17.4. The lowest BCUT2D eigenvalue weighted by Crippen LogP contribution is -2.32. The molecule has 0 heterocycles. The summed E-state index contributed by atoms with van der Waals surface area (Å²) in [4.78, 5) is 23.7. The molecule has 0 saturated carbocycles. The molecule has 0 saturated heterocycles. The van der Waals surface area contributed by atoms with Crippen molar-refractivity contribution in [2.45, 2.75) is 25.3 Å². The third-order valence-corrected chi connectivity index (χ3v) is 6.86. The van der Waals surface area contributed by atoms with E-state index in [4.69, 9.17) is 20.9 Å². The molecule has 222 valence electrons. The van der Waals surface area contributed by atoms with Crippen molar-refractivity contribution >= 4 is 17.9 Å². The van der Waals surface area contributed by atoms with Gasteiger partial charge in [0.1, 0.15) is 31.3 Å². The van der Waals surface area contributed by atoms with Gasteiger partial charge in [0.25, 0.3) is 0 Å². The quantitative estimate of drug-likeness (QED) is 0.0778. The van der Waals surface area contributed by atoms with Crippen molar-refractivity contribution in [3.63, 3.8) is 0 Å². The molecule has 0 fully saturated rings. The van der Waals surface area contributed by atoms with E-state index in [9.17, 15) is 14.7 Å². The van der Waals surface area contributed by atoms with Gasteiger partial charge in [-0.25, -0.2) is 0 Å². The number of anilines is 1. The molecule has 7 N–H and O–H groups in total. The minimum atomic E-state index is -1.10. The van der Waals surface area contributed by atoms with Gasteiger partial charge in [-0.05, 0) is 71.3 Å². The average molecular weight is 581 g/mol. The number of likely N-dealkylation sites (N-methyl/N-ethyl adjacent to an activating group) is 1. The number of hydrogen-bond acceptors (Lipinski definition) is 8. The van der Waals surface area contributed by atoms with E-state index in [0.29, 0.717) is 47.8 Å². The maximum atomic E-state index is 12.3. The number of nitrogens with one attached hydrogen (secondary N) is 2. The van der Waals surface area contributed by atoms with Crippen LogP contribution in [0, 0.1) is 0 Å². The predicted octanol–water partition coefficient (Wildman–Crippen LogP) is 4.51. The molecule has 2 unspecified atom stereocenters. The Kier molecular flexibility index (Phi) is 10.9. The zero-order chi connectivity index (χ0) is 30.6. The Hall–Kier alpha value is -5.12. The van der Waals surface area contributed by atoms with Crippen LogP contribution in [-0.4, -0.2) is 31.0 Å². The lowest BCUT2D eigenvalue weighted by atomic mass is 9.88. The summed E-state index contributed by atoms with van der Waals surface area (Å²) in [6.07, 6.45) is 0.600. The zero-order valence-electron chi connectivity index (χ0n) is 23.9. The highest BCUT2D eigenvalue weighted by atomic mass is 16.5. The molecule has 2 atom stereocenters. The third-order valence-electron chi connectivity index (χ3n) is 6.86. The number of rotatable bonds is 15. The van der Waals surface area contributed by atoms with E-state index in [2.05, 4.69) is 10.6 Å². The molecule has 9 heteroatoms. The molecule has 43 heavy (non-hydrogen) atoms. The van der Waals surface area contributed by atoms with E-state index in [-0.39, 0.29) is 5.70 Å². The van der Waals surface area contributed by atoms with Gasteiger partial charge in [0.15, 0.2) is 6.29 Å². The number of carbonyl (C=O) groups is 2. The summed E-state index contributed by atoms with van der Waals surface area (Å²) in [7, 11) is 1.75. The van der Waals surface area contributed by atoms with Crippen molar-refractivity contribution in [3.8, 4) is 11.5 Å². The fourth-order valence-corrected chi connectivity index (χ4v) is 4.64. The minimum absolute atomic E-state index is 0.0912. The Bertz CT molecular complexity index is 1520. The first-order valence-electron chi connectivity index (χ1n) is 13.8. The van der Waals surface area contributed by atoms with Gasteiger partial charge in [0, 0.05) is 5.69 Å². The van der Waals surface area contributed by atoms with E-state index < -0.39 is 24.6 Å². The molecule has 4 aromatic carbocycles. The number of ether oxygens (including phenoxy) is 2. The summed E-state index contributed by atoms with van der Waals surface area (Å²) >= 11 is 0. The van der Waals surface area contributed by atoms with E-state index >= 15 is 0 Å². The van der Waals surface area contributed by atoms with E-state index in [1.165, 1.54) is 0 Å². The molecule has 0 radical (unpaired) electrons. The lowest BCUT2D eigenvalue weighted by Gasteiger charge is -2.28. The fourth-order valence-electron chi connectivity index (χ4n) is 4.64. The first-order chi connectivity index (χ1) is 20.9. The van der Waals surface area contributed by atoms with Gasteiger partial charge >= 0.3 is 5.97 Å². The highest BCUT2D eigenvalue weighted by Gasteiger charge is 2.26. The smallest absolute Gasteiger partial charge is 0.322 e. The van der Waals surface area contributed by atoms with E-state index in [1.54, 1.807) is 7.05 Å². The minimum Gasteiger partial charge on any atom is -0.489 e. The molecule has 0 aliphatic heterocycles. The van der Waals surface area contributed by atoms with Crippen molar-refractivity contribution in [2.75, 3.05) is 19.3 Å². The summed E-state index contributed by atoms with van der Waals surface area (Å²) in [5.74, 6) is 0.172. The molecule has 0 bridgehead atoms. The van der Waals surface area contributed by atoms with Crippen LogP contribution in [0.5, 0.6) is 11.5 Å². The number of allylic oxidation sites excluding steroid dienone is 1. The molecule has 0 aliphatic carbocycles. The van der Waals surface area contributed by atoms with Gasteiger partial charge in [0.2, 0.25) is 0 Å². The third kappa shape index (κ3) is 8.68.